The zero-order chi connectivity index (χ0) is 7.40. The summed E-state index contributed by atoms with van der Waals surface area (Å²) in [6, 6.07) is 0. The molecule has 0 aliphatic heterocycles. The van der Waals surface area contributed by atoms with E-state index in [0.717, 1.165) is 18.4 Å². The van der Waals surface area contributed by atoms with Gasteiger partial charge in [0.2, 0.25) is 0 Å². The monoisotopic (exact) mass is 141 g/mol. The predicted octanol–water partition coefficient (Wildman–Crippen LogP) is 2.08. The highest BCUT2D eigenvalue weighted by Crippen LogP contribution is 2.24. The van der Waals surface area contributed by atoms with Crippen LogP contribution >= 0.6 is 0 Å². The second kappa shape index (κ2) is 3.40. The van der Waals surface area contributed by atoms with Gasteiger partial charge in [0.25, 0.3) is 0 Å². The summed E-state index contributed by atoms with van der Waals surface area (Å²) in [5.74, 6) is 0.0414. The first-order chi connectivity index (χ1) is 4.84. The fourth-order valence-electron chi connectivity index (χ4n) is 1.29. The quantitative estimate of drug-likeness (QED) is 0.440. The topological polar surface area (TPSA) is 31.5 Å². The van der Waals surface area contributed by atoms with Gasteiger partial charge in [-0.1, -0.05) is 6.42 Å². The third-order valence-electron chi connectivity index (χ3n) is 1.90. The van der Waals surface area contributed by atoms with Crippen LogP contribution in [0.5, 0.6) is 0 Å². The van der Waals surface area contributed by atoms with Gasteiger partial charge in [0.1, 0.15) is 0 Å². The first-order valence-corrected chi connectivity index (χ1v) is 3.67. The molecule has 1 fully saturated rings. The molecule has 0 aromatic carbocycles. The van der Waals surface area contributed by atoms with E-state index in [1.165, 1.54) is 19.3 Å². The van der Waals surface area contributed by atoms with Crippen LogP contribution in [-0.4, -0.2) is 11.9 Å². The van der Waals surface area contributed by atoms with E-state index in [9.17, 15) is 0 Å². The second-order valence-electron chi connectivity index (χ2n) is 2.61. The van der Waals surface area contributed by atoms with E-state index < -0.39 is 0 Å². The highest BCUT2D eigenvalue weighted by molar-refractivity contribution is 5.15. The summed E-state index contributed by atoms with van der Waals surface area (Å²) in [6.07, 6.45) is 5.56. The molecule has 1 aliphatic rings. The Morgan fingerprint density at radius 3 is 2.40 bits per heavy atom. The molecule has 10 heavy (non-hydrogen) atoms. The van der Waals surface area contributed by atoms with E-state index in [0.29, 0.717) is 0 Å². The maximum atomic E-state index is 9.08. The average Bonchev–Trinajstić information content (AvgIpc) is 2.05. The Labute approximate surface area is 60.9 Å². The van der Waals surface area contributed by atoms with Crippen LogP contribution in [0.2, 0.25) is 0 Å². The largest absolute Gasteiger partial charge is 0.514 e. The van der Waals surface area contributed by atoms with Crippen molar-refractivity contribution in [1.29, 1.82) is 0 Å². The van der Waals surface area contributed by atoms with Gasteiger partial charge in [-0.05, 0) is 25.7 Å². The van der Waals surface area contributed by atoms with Crippen molar-refractivity contribution >= 4 is 6.79 Å². The van der Waals surface area contributed by atoms with E-state index in [2.05, 4.69) is 11.2 Å². The molecule has 0 aromatic heterocycles. The SMILES string of the molecule is C=[O+]C(O)=C1CCCCC1. The molecule has 0 unspecified atom stereocenters. The smallest absolute Gasteiger partial charge is 0.335 e. The van der Waals surface area contributed by atoms with Crippen LogP contribution in [0.15, 0.2) is 11.5 Å². The molecule has 1 aliphatic carbocycles. The highest BCUT2D eigenvalue weighted by Gasteiger charge is 2.16. The molecule has 0 aromatic rings. The molecule has 0 saturated heterocycles. The van der Waals surface area contributed by atoms with Crippen molar-refractivity contribution in [3.63, 3.8) is 0 Å². The second-order valence-corrected chi connectivity index (χ2v) is 2.61. The fourth-order valence-corrected chi connectivity index (χ4v) is 1.29. The molecule has 0 bridgehead atoms. The number of hydrogen-bond acceptors (Lipinski definition) is 1. The third-order valence-corrected chi connectivity index (χ3v) is 1.90. The first-order valence-electron chi connectivity index (χ1n) is 3.67. The lowest BCUT2D eigenvalue weighted by Gasteiger charge is -2.08. The van der Waals surface area contributed by atoms with Crippen molar-refractivity contribution in [2.75, 3.05) is 0 Å². The van der Waals surface area contributed by atoms with Gasteiger partial charge in [-0.2, -0.15) is 0 Å². The molecule has 2 heteroatoms. The molecule has 56 valence electrons. The number of allylic oxidation sites excluding steroid dienone is 1. The average molecular weight is 141 g/mol. The Morgan fingerprint density at radius 2 is 1.90 bits per heavy atom. The summed E-state index contributed by atoms with van der Waals surface area (Å²) in [5.41, 5.74) is 1.03. The molecule has 0 amide bonds. The van der Waals surface area contributed by atoms with Gasteiger partial charge in [0, 0.05) is 0 Å². The lowest BCUT2D eigenvalue weighted by atomic mass is 9.96. The van der Waals surface area contributed by atoms with Crippen LogP contribution in [0, 0.1) is 0 Å². The van der Waals surface area contributed by atoms with Gasteiger partial charge < -0.3 is 5.11 Å². The fraction of sp³-hybridized carbons (Fsp3) is 0.625. The van der Waals surface area contributed by atoms with E-state index in [-0.39, 0.29) is 5.95 Å². The van der Waals surface area contributed by atoms with Gasteiger partial charge in [-0.25, -0.2) is 0 Å². The summed E-state index contributed by atoms with van der Waals surface area (Å²) in [7, 11) is 0. The Kier molecular flexibility index (Phi) is 2.49. The van der Waals surface area contributed by atoms with Gasteiger partial charge >= 0.3 is 5.95 Å². The van der Waals surface area contributed by atoms with E-state index >= 15 is 0 Å². The number of rotatable bonds is 1. The minimum Gasteiger partial charge on any atom is -0.335 e. The zero-order valence-electron chi connectivity index (χ0n) is 6.10. The molecule has 1 rings (SSSR count). The molecule has 0 heterocycles. The van der Waals surface area contributed by atoms with Crippen molar-refractivity contribution < 1.29 is 9.53 Å². The van der Waals surface area contributed by atoms with Crippen LogP contribution in [0.4, 0.5) is 0 Å². The van der Waals surface area contributed by atoms with Crippen molar-refractivity contribution in [3.05, 3.63) is 11.5 Å². The molecule has 1 saturated carbocycles. The van der Waals surface area contributed by atoms with E-state index in [4.69, 9.17) is 5.11 Å². The third kappa shape index (κ3) is 1.59. The number of aliphatic hydroxyl groups excluding tert-OH is 1. The normalized spacial score (nSPS) is 18.6. The number of hydrogen-bond donors (Lipinski definition) is 1. The van der Waals surface area contributed by atoms with Crippen LogP contribution in [0.1, 0.15) is 32.1 Å². The van der Waals surface area contributed by atoms with Crippen molar-refractivity contribution in [2.24, 2.45) is 0 Å². The van der Waals surface area contributed by atoms with Crippen molar-refractivity contribution in [1.82, 2.24) is 0 Å². The van der Waals surface area contributed by atoms with Crippen LogP contribution in [-0.2, 0) is 4.42 Å². The lowest BCUT2D eigenvalue weighted by molar-refractivity contribution is -0.427. The summed E-state index contributed by atoms with van der Waals surface area (Å²) >= 11 is 0. The van der Waals surface area contributed by atoms with E-state index in [1.54, 1.807) is 0 Å². The number of carbonyl (C=O) groups excluding carboxylic acids is 1. The van der Waals surface area contributed by atoms with Gasteiger partial charge in [-0.3, -0.25) is 4.42 Å². The van der Waals surface area contributed by atoms with Crippen molar-refractivity contribution in [3.8, 4) is 0 Å². The summed E-state index contributed by atoms with van der Waals surface area (Å²) < 4.78 is 4.47. The first kappa shape index (κ1) is 7.32. The van der Waals surface area contributed by atoms with Crippen LogP contribution in [0.25, 0.3) is 0 Å². The summed E-state index contributed by atoms with van der Waals surface area (Å²) in [5, 5.41) is 9.08. The Balaban J connectivity index is 2.59. The standard InChI is InChI=1S/C8H12O2/c1-10-8(9)7-5-3-2-4-6-7/h1-6H2/p+1. The van der Waals surface area contributed by atoms with Gasteiger partial charge in [0.15, 0.2) is 6.79 Å². The van der Waals surface area contributed by atoms with E-state index in [1.807, 2.05) is 0 Å². The predicted molar refractivity (Wildman–Crippen MR) is 39.9 cm³/mol. The molecule has 0 radical (unpaired) electrons. The van der Waals surface area contributed by atoms with Crippen LogP contribution < -0.4 is 0 Å². The molecule has 0 atom stereocenters. The molecule has 0 spiro atoms. The Morgan fingerprint density at radius 1 is 1.30 bits per heavy atom. The highest BCUT2D eigenvalue weighted by atomic mass is 16.5. The van der Waals surface area contributed by atoms with Crippen molar-refractivity contribution in [2.45, 2.75) is 32.1 Å². The van der Waals surface area contributed by atoms with Crippen LogP contribution in [0.3, 0.4) is 0 Å². The summed E-state index contributed by atoms with van der Waals surface area (Å²) in [4.78, 5) is 0. The Bertz CT molecular complexity index is 151. The van der Waals surface area contributed by atoms with Gasteiger partial charge in [0.05, 0.1) is 5.57 Å². The maximum absolute atomic E-state index is 9.08. The molecular formula is C8H13O2+. The summed E-state index contributed by atoms with van der Waals surface area (Å²) in [6.45, 7) is 3.15. The molecule has 1 N–H and O–H groups in total. The molecular weight excluding hydrogens is 128 g/mol. The lowest BCUT2D eigenvalue weighted by Crippen LogP contribution is -1.98. The number of aliphatic hydroxyl groups is 1. The van der Waals surface area contributed by atoms with Gasteiger partial charge in [-0.15, -0.1) is 0 Å². The minimum atomic E-state index is 0.0414. The minimum absolute atomic E-state index is 0.0414. The maximum Gasteiger partial charge on any atom is 0.514 e. The molecule has 2 nitrogen and oxygen atoms in total. The zero-order valence-corrected chi connectivity index (χ0v) is 6.10. The Hall–Kier alpha value is -0.790.